The number of carbonyl (C=O) groups is 2. The number of benzene rings is 1. The van der Waals surface area contributed by atoms with E-state index in [4.69, 9.17) is 5.73 Å². The van der Waals surface area contributed by atoms with E-state index in [0.717, 1.165) is 40.7 Å². The second-order valence-corrected chi connectivity index (χ2v) is 8.80. The predicted octanol–water partition coefficient (Wildman–Crippen LogP) is 5.08. The highest BCUT2D eigenvalue weighted by Gasteiger charge is 2.35. The summed E-state index contributed by atoms with van der Waals surface area (Å²) in [4.78, 5) is 29.5. The number of primary amides is 1. The molecule has 0 saturated heterocycles. The van der Waals surface area contributed by atoms with E-state index in [9.17, 15) is 27.2 Å². The third-order valence-electron chi connectivity index (χ3n) is 5.47. The molecule has 2 aliphatic carbocycles. The first kappa shape index (κ1) is 21.4. The van der Waals surface area contributed by atoms with Crippen molar-refractivity contribution < 1.29 is 27.2 Å². The lowest BCUT2D eigenvalue weighted by Crippen LogP contribution is -2.18. The summed E-state index contributed by atoms with van der Waals surface area (Å²) < 4.78 is 52.7. The van der Waals surface area contributed by atoms with Gasteiger partial charge in [0.2, 0.25) is 11.7 Å². The molecule has 0 bridgehead atoms. The third kappa shape index (κ3) is 4.32. The average Bonchev–Trinajstić information content (AvgIpc) is 3.47. The lowest BCUT2D eigenvalue weighted by molar-refractivity contribution is -0.137. The lowest BCUT2D eigenvalue weighted by atomic mass is 9.85. The van der Waals surface area contributed by atoms with Crippen molar-refractivity contribution in [2.75, 3.05) is 0 Å². The van der Waals surface area contributed by atoms with E-state index in [1.165, 1.54) is 0 Å². The van der Waals surface area contributed by atoms with Gasteiger partial charge < -0.3 is 5.73 Å². The van der Waals surface area contributed by atoms with Crippen LogP contribution in [0.15, 0.2) is 41.5 Å². The maximum Gasteiger partial charge on any atom is 0.416 e. The molecule has 4 rings (SSSR count). The fourth-order valence-corrected chi connectivity index (χ4v) is 4.94. The van der Waals surface area contributed by atoms with Crippen LogP contribution in [0.5, 0.6) is 0 Å². The number of allylic oxidation sites excluding steroid dienone is 2. The minimum absolute atomic E-state index is 0.00252. The van der Waals surface area contributed by atoms with Crippen molar-refractivity contribution >= 4 is 23.0 Å². The first-order valence-corrected chi connectivity index (χ1v) is 10.5. The third-order valence-corrected chi connectivity index (χ3v) is 6.76. The Hall–Kier alpha value is -2.81. The van der Waals surface area contributed by atoms with E-state index in [0.29, 0.717) is 35.7 Å². The summed E-state index contributed by atoms with van der Waals surface area (Å²) in [5.74, 6) is -2.16. The van der Waals surface area contributed by atoms with Crippen LogP contribution in [0.4, 0.5) is 17.6 Å². The molecule has 1 aromatic carbocycles. The Labute approximate surface area is 179 Å². The molecule has 1 saturated carbocycles. The number of halogens is 4. The van der Waals surface area contributed by atoms with Gasteiger partial charge in [-0.1, -0.05) is 17.7 Å². The summed E-state index contributed by atoms with van der Waals surface area (Å²) in [6, 6.07) is 1.77. The predicted molar refractivity (Wildman–Crippen MR) is 107 cm³/mol. The molecule has 1 unspecified atom stereocenters. The summed E-state index contributed by atoms with van der Waals surface area (Å²) in [6.07, 6.45) is 1.35. The molecule has 31 heavy (non-hydrogen) atoms. The quantitative estimate of drug-likeness (QED) is 0.510. The number of aryl methyl sites for hydroxylation is 1. The fourth-order valence-electron chi connectivity index (χ4n) is 3.83. The van der Waals surface area contributed by atoms with Crippen molar-refractivity contribution in [3.63, 3.8) is 0 Å². The Morgan fingerprint density at radius 3 is 2.52 bits per heavy atom. The molecule has 9 heteroatoms. The summed E-state index contributed by atoms with van der Waals surface area (Å²) in [7, 11) is 0. The van der Waals surface area contributed by atoms with Crippen molar-refractivity contribution in [3.8, 4) is 0 Å². The lowest BCUT2D eigenvalue weighted by Gasteiger charge is -2.21. The Morgan fingerprint density at radius 2 is 1.90 bits per heavy atom. The van der Waals surface area contributed by atoms with Crippen molar-refractivity contribution in [2.24, 2.45) is 11.7 Å². The highest BCUT2D eigenvalue weighted by molar-refractivity contribution is 7.14. The maximum absolute atomic E-state index is 13.7. The molecule has 2 N–H and O–H groups in total. The molecule has 162 valence electrons. The van der Waals surface area contributed by atoms with E-state index in [2.05, 4.69) is 4.98 Å². The zero-order valence-corrected chi connectivity index (χ0v) is 17.2. The minimum atomic E-state index is -4.77. The molecule has 0 aliphatic heterocycles. The molecule has 0 spiro atoms. The number of rotatable bonds is 5. The number of nitrogens with zero attached hydrogens (tertiary/aromatic N) is 1. The molecular weight excluding hydrogens is 432 g/mol. The smallest absolute Gasteiger partial charge is 0.366 e. The van der Waals surface area contributed by atoms with Gasteiger partial charge in [0, 0.05) is 21.9 Å². The molecule has 1 heterocycles. The van der Waals surface area contributed by atoms with Crippen molar-refractivity contribution in [1.29, 1.82) is 0 Å². The van der Waals surface area contributed by atoms with Gasteiger partial charge >= 0.3 is 6.18 Å². The molecule has 2 aromatic rings. The highest BCUT2D eigenvalue weighted by Crippen LogP contribution is 2.46. The summed E-state index contributed by atoms with van der Waals surface area (Å²) >= 11 is 1.08. The van der Waals surface area contributed by atoms with Crippen LogP contribution in [0.3, 0.4) is 0 Å². The van der Waals surface area contributed by atoms with Gasteiger partial charge in [-0.2, -0.15) is 13.2 Å². The number of hydrogen-bond acceptors (Lipinski definition) is 4. The zero-order valence-electron chi connectivity index (χ0n) is 16.4. The molecule has 0 radical (unpaired) electrons. The van der Waals surface area contributed by atoms with Gasteiger partial charge in [-0.15, -0.1) is 11.3 Å². The summed E-state index contributed by atoms with van der Waals surface area (Å²) in [5.41, 5.74) is 5.96. The Morgan fingerprint density at radius 1 is 1.19 bits per heavy atom. The normalized spacial score (nSPS) is 19.1. The molecule has 1 atom stereocenters. The van der Waals surface area contributed by atoms with Crippen LogP contribution in [0.2, 0.25) is 0 Å². The van der Waals surface area contributed by atoms with Crippen LogP contribution in [-0.2, 0) is 11.0 Å². The fraction of sp³-hybridized carbons (Fsp3) is 0.318. The van der Waals surface area contributed by atoms with Gasteiger partial charge in [-0.3, -0.25) is 9.59 Å². The van der Waals surface area contributed by atoms with Gasteiger partial charge in [-0.05, 0) is 50.3 Å². The van der Waals surface area contributed by atoms with Crippen molar-refractivity contribution in [1.82, 2.24) is 4.98 Å². The number of amides is 1. The number of ketones is 1. The zero-order chi connectivity index (χ0) is 22.5. The van der Waals surface area contributed by atoms with Crippen LogP contribution in [0.25, 0.3) is 0 Å². The second-order valence-electron chi connectivity index (χ2n) is 7.77. The van der Waals surface area contributed by atoms with Crippen LogP contribution < -0.4 is 5.73 Å². The van der Waals surface area contributed by atoms with E-state index in [-0.39, 0.29) is 10.9 Å². The Kier molecular flexibility index (Phi) is 5.33. The Balaban J connectivity index is 1.63. The van der Waals surface area contributed by atoms with E-state index < -0.39 is 34.8 Å². The van der Waals surface area contributed by atoms with Gasteiger partial charge in [0.1, 0.15) is 5.82 Å². The summed E-state index contributed by atoms with van der Waals surface area (Å²) in [5, 5.41) is -0.00252. The number of thiazole rings is 1. The van der Waals surface area contributed by atoms with Crippen LogP contribution in [-0.4, -0.2) is 16.7 Å². The number of alkyl halides is 3. The van der Waals surface area contributed by atoms with Gasteiger partial charge in [-0.25, -0.2) is 9.37 Å². The molecule has 1 aromatic heterocycles. The first-order chi connectivity index (χ1) is 14.5. The maximum atomic E-state index is 13.7. The second kappa shape index (κ2) is 7.71. The number of carbonyl (C=O) groups excluding carboxylic acids is 2. The van der Waals surface area contributed by atoms with Gasteiger partial charge in [0.05, 0.1) is 11.3 Å². The Bertz CT molecular complexity index is 1140. The number of nitrogens with two attached hydrogens (primary N) is 1. The molecule has 4 nitrogen and oxygen atoms in total. The monoisotopic (exact) mass is 450 g/mol. The van der Waals surface area contributed by atoms with Crippen molar-refractivity contribution in [2.45, 2.75) is 38.3 Å². The standard InChI is InChI=1S/C22H18F4N2O2S/c1-10-19(12-4-5-16(20(27)30)17(8-12)11-2-3-11)31-21(28-10)18(29)13-6-14(22(24,25)26)9-15(23)7-13/h4-7,9,11-12H,2-3,8H2,1H3,(H2,27,30). The number of hydrogen-bond donors (Lipinski definition) is 1. The molecule has 2 aliphatic rings. The van der Waals surface area contributed by atoms with Crippen molar-refractivity contribution in [3.05, 3.63) is 74.0 Å². The molecular formula is C22H18F4N2O2S. The SMILES string of the molecule is Cc1nc(C(=O)c2cc(F)cc(C(F)(F)F)c2)sc1C1C=CC(C(N)=O)=C(C2CC2)C1. The van der Waals surface area contributed by atoms with E-state index >= 15 is 0 Å². The molecule has 1 fully saturated rings. The molecule has 1 amide bonds. The summed E-state index contributed by atoms with van der Waals surface area (Å²) in [6.45, 7) is 1.72. The first-order valence-electron chi connectivity index (χ1n) is 9.65. The number of aromatic nitrogens is 1. The van der Waals surface area contributed by atoms with Crippen LogP contribution in [0, 0.1) is 18.7 Å². The topological polar surface area (TPSA) is 73.1 Å². The van der Waals surface area contributed by atoms with Gasteiger partial charge in [0.25, 0.3) is 0 Å². The minimum Gasteiger partial charge on any atom is -0.366 e. The van der Waals surface area contributed by atoms with Crippen LogP contribution in [0.1, 0.15) is 56.7 Å². The largest absolute Gasteiger partial charge is 0.416 e. The van der Waals surface area contributed by atoms with E-state index in [1.807, 2.05) is 6.08 Å². The van der Waals surface area contributed by atoms with E-state index in [1.54, 1.807) is 13.0 Å². The van der Waals surface area contributed by atoms with Crippen LogP contribution >= 0.6 is 11.3 Å². The average molecular weight is 450 g/mol. The highest BCUT2D eigenvalue weighted by atomic mass is 32.1. The van der Waals surface area contributed by atoms with Gasteiger partial charge in [0.15, 0.2) is 5.01 Å².